The minimum atomic E-state index is -0.0594. The number of benzene rings is 1. The van der Waals surface area contributed by atoms with Gasteiger partial charge >= 0.3 is 0 Å². The van der Waals surface area contributed by atoms with Gasteiger partial charge in [-0.2, -0.15) is 0 Å². The van der Waals surface area contributed by atoms with Gasteiger partial charge in [-0.05, 0) is 36.6 Å². The predicted octanol–water partition coefficient (Wildman–Crippen LogP) is 1.08. The van der Waals surface area contributed by atoms with E-state index in [1.165, 1.54) is 5.56 Å². The van der Waals surface area contributed by atoms with Crippen LogP contribution in [0.5, 0.6) is 0 Å². The van der Waals surface area contributed by atoms with Gasteiger partial charge in [-0.25, -0.2) is 0 Å². The molecule has 0 radical (unpaired) electrons. The highest BCUT2D eigenvalue weighted by Gasteiger charge is 2.21. The van der Waals surface area contributed by atoms with Crippen molar-refractivity contribution in [1.82, 2.24) is 10.6 Å². The summed E-state index contributed by atoms with van der Waals surface area (Å²) in [5.41, 5.74) is 3.02. The van der Waals surface area contributed by atoms with Crippen molar-refractivity contribution < 1.29 is 9.59 Å². The first kappa shape index (κ1) is 14.7. The lowest BCUT2D eigenvalue weighted by atomic mass is 10.0. The Kier molecular flexibility index (Phi) is 4.49. The van der Waals surface area contributed by atoms with E-state index in [0.29, 0.717) is 24.9 Å². The van der Waals surface area contributed by atoms with Crippen molar-refractivity contribution in [1.29, 1.82) is 0 Å². The highest BCUT2D eigenvalue weighted by molar-refractivity contribution is 5.95. The Morgan fingerprint density at radius 3 is 2.85 bits per heavy atom. The summed E-state index contributed by atoms with van der Waals surface area (Å²) in [6, 6.07) is 5.79. The second-order valence-electron chi connectivity index (χ2n) is 5.06. The van der Waals surface area contributed by atoms with E-state index < -0.39 is 0 Å². The van der Waals surface area contributed by atoms with Gasteiger partial charge in [0.05, 0.1) is 0 Å². The number of nitrogens with one attached hydrogen (secondary N) is 3. The summed E-state index contributed by atoms with van der Waals surface area (Å²) in [6.07, 6.45) is 2.17. The summed E-state index contributed by atoms with van der Waals surface area (Å²) >= 11 is 0. The zero-order valence-electron chi connectivity index (χ0n) is 11.1. The van der Waals surface area contributed by atoms with Gasteiger partial charge in [-0.3, -0.25) is 9.59 Å². The van der Waals surface area contributed by atoms with Crippen LogP contribution in [0.1, 0.15) is 28.8 Å². The maximum atomic E-state index is 12.2. The lowest BCUT2D eigenvalue weighted by molar-refractivity contribution is -0.122. The largest absolute Gasteiger partial charge is 0.384 e. The lowest BCUT2D eigenvalue weighted by Crippen LogP contribution is -2.47. The van der Waals surface area contributed by atoms with Crippen molar-refractivity contribution in [3.63, 3.8) is 0 Å². The number of halogens is 1. The van der Waals surface area contributed by atoms with E-state index in [9.17, 15) is 9.59 Å². The second kappa shape index (κ2) is 6.13. The first-order valence-corrected chi connectivity index (χ1v) is 6.67. The normalized spacial score (nSPS) is 20.2. The van der Waals surface area contributed by atoms with Crippen LogP contribution in [0.2, 0.25) is 0 Å². The monoisotopic (exact) mass is 295 g/mol. The molecule has 0 aromatic heterocycles. The lowest BCUT2D eigenvalue weighted by Gasteiger charge is -2.23. The first-order valence-electron chi connectivity index (χ1n) is 6.67. The van der Waals surface area contributed by atoms with E-state index in [1.807, 2.05) is 18.2 Å². The molecule has 0 spiro atoms. The van der Waals surface area contributed by atoms with Crippen LogP contribution in [-0.4, -0.2) is 30.9 Å². The molecule has 0 bridgehead atoms. The van der Waals surface area contributed by atoms with E-state index in [4.69, 9.17) is 0 Å². The van der Waals surface area contributed by atoms with Crippen LogP contribution < -0.4 is 16.0 Å². The molecule has 1 unspecified atom stereocenters. The Bertz CT molecular complexity index is 523. The van der Waals surface area contributed by atoms with Gasteiger partial charge in [0.2, 0.25) is 5.91 Å². The number of piperidine rings is 1. The van der Waals surface area contributed by atoms with Gasteiger partial charge in [-0.1, -0.05) is 0 Å². The van der Waals surface area contributed by atoms with Crippen LogP contribution in [0.15, 0.2) is 18.2 Å². The highest BCUT2D eigenvalue weighted by Crippen LogP contribution is 2.23. The number of rotatable bonds is 2. The molecule has 5 nitrogen and oxygen atoms in total. The predicted molar refractivity (Wildman–Crippen MR) is 79.4 cm³/mol. The fourth-order valence-corrected chi connectivity index (χ4v) is 2.57. The van der Waals surface area contributed by atoms with Gasteiger partial charge in [0.15, 0.2) is 0 Å². The molecule has 2 aliphatic rings. The fourth-order valence-electron chi connectivity index (χ4n) is 2.57. The first-order chi connectivity index (χ1) is 9.22. The molecular weight excluding hydrogens is 278 g/mol. The number of hydrogen-bond acceptors (Lipinski definition) is 3. The van der Waals surface area contributed by atoms with Crippen molar-refractivity contribution in [2.75, 3.05) is 18.4 Å². The molecule has 1 aromatic carbocycles. The molecular formula is C14H18ClN3O2. The Hall–Kier alpha value is -1.75. The summed E-state index contributed by atoms with van der Waals surface area (Å²) in [5, 5.41) is 9.01. The number of fused-ring (bicyclic) bond motifs is 1. The van der Waals surface area contributed by atoms with E-state index in [2.05, 4.69) is 16.0 Å². The molecule has 2 amide bonds. The summed E-state index contributed by atoms with van der Waals surface area (Å²) in [6.45, 7) is 1.46. The van der Waals surface area contributed by atoms with Crippen LogP contribution in [0.25, 0.3) is 0 Å². The molecule has 0 aliphatic carbocycles. The average molecular weight is 296 g/mol. The standard InChI is InChI=1S/C14H17N3O2.ClH/c18-13-4-2-11(8-16-13)17-14(19)10-1-3-12-9(7-10)5-6-15-12;/h1,3,7,11,15H,2,4-6,8H2,(H,16,18)(H,17,19);1H. The van der Waals surface area contributed by atoms with E-state index in [0.717, 1.165) is 18.7 Å². The molecule has 2 aliphatic heterocycles. The zero-order valence-corrected chi connectivity index (χ0v) is 11.9. The average Bonchev–Trinajstić information content (AvgIpc) is 2.88. The number of amides is 2. The van der Waals surface area contributed by atoms with Crippen molar-refractivity contribution in [3.8, 4) is 0 Å². The Morgan fingerprint density at radius 1 is 1.25 bits per heavy atom. The van der Waals surface area contributed by atoms with E-state index >= 15 is 0 Å². The van der Waals surface area contributed by atoms with Gasteiger partial charge < -0.3 is 16.0 Å². The van der Waals surface area contributed by atoms with Crippen LogP contribution in [0, 0.1) is 0 Å². The third kappa shape index (κ3) is 3.04. The summed E-state index contributed by atoms with van der Waals surface area (Å²) < 4.78 is 0. The van der Waals surface area contributed by atoms with Crippen LogP contribution >= 0.6 is 12.4 Å². The molecule has 1 saturated heterocycles. The Labute approximate surface area is 123 Å². The van der Waals surface area contributed by atoms with E-state index in [-0.39, 0.29) is 30.3 Å². The minimum Gasteiger partial charge on any atom is -0.384 e. The smallest absolute Gasteiger partial charge is 0.251 e. The minimum absolute atomic E-state index is 0. The topological polar surface area (TPSA) is 70.2 Å². The van der Waals surface area contributed by atoms with Crippen LogP contribution in [-0.2, 0) is 11.2 Å². The number of hydrogen-bond donors (Lipinski definition) is 3. The summed E-state index contributed by atoms with van der Waals surface area (Å²) in [5.74, 6) is 0.00459. The molecule has 3 N–H and O–H groups in total. The molecule has 1 fully saturated rings. The van der Waals surface area contributed by atoms with Crippen molar-refractivity contribution in [2.45, 2.75) is 25.3 Å². The van der Waals surface area contributed by atoms with Crippen LogP contribution in [0.3, 0.4) is 0 Å². The molecule has 1 atom stereocenters. The quantitative estimate of drug-likeness (QED) is 0.765. The van der Waals surface area contributed by atoms with Gasteiger partial charge in [-0.15, -0.1) is 12.4 Å². The molecule has 0 saturated carbocycles. The number of anilines is 1. The molecule has 1 aromatic rings. The van der Waals surface area contributed by atoms with Gasteiger partial charge in [0.1, 0.15) is 0 Å². The Morgan fingerprint density at radius 2 is 2.10 bits per heavy atom. The molecule has 2 heterocycles. The van der Waals surface area contributed by atoms with Crippen molar-refractivity contribution >= 4 is 29.9 Å². The fraction of sp³-hybridized carbons (Fsp3) is 0.429. The highest BCUT2D eigenvalue weighted by atomic mass is 35.5. The molecule has 6 heteroatoms. The number of carbonyl (C=O) groups is 2. The van der Waals surface area contributed by atoms with Crippen LogP contribution in [0.4, 0.5) is 5.69 Å². The molecule has 108 valence electrons. The van der Waals surface area contributed by atoms with E-state index in [1.54, 1.807) is 0 Å². The van der Waals surface area contributed by atoms with Crippen molar-refractivity contribution in [3.05, 3.63) is 29.3 Å². The number of carbonyl (C=O) groups excluding carboxylic acids is 2. The summed E-state index contributed by atoms with van der Waals surface area (Å²) in [7, 11) is 0. The third-order valence-electron chi connectivity index (χ3n) is 3.68. The third-order valence-corrected chi connectivity index (χ3v) is 3.68. The molecule has 20 heavy (non-hydrogen) atoms. The SMILES string of the molecule is Cl.O=C1CCC(NC(=O)c2ccc3c(c2)CCN3)CN1. The maximum Gasteiger partial charge on any atom is 0.251 e. The summed E-state index contributed by atoms with van der Waals surface area (Å²) in [4.78, 5) is 23.2. The zero-order chi connectivity index (χ0) is 13.2. The van der Waals surface area contributed by atoms with Crippen molar-refractivity contribution in [2.24, 2.45) is 0 Å². The second-order valence-corrected chi connectivity index (χ2v) is 5.06. The Balaban J connectivity index is 0.00000147. The van der Waals surface area contributed by atoms with Gasteiger partial charge in [0.25, 0.3) is 5.91 Å². The van der Waals surface area contributed by atoms with Gasteiger partial charge in [0, 0.05) is 36.8 Å². The maximum absolute atomic E-state index is 12.2. The molecule has 3 rings (SSSR count).